The van der Waals surface area contributed by atoms with Crippen LogP contribution in [-0.2, 0) is 10.3 Å². The smallest absolute Gasteiger partial charge is 0.148 e. The van der Waals surface area contributed by atoms with Gasteiger partial charge in [-0.15, -0.1) is 0 Å². The largest absolute Gasteiger partial charge is 0.298 e. The number of benzene rings is 5. The van der Waals surface area contributed by atoms with Gasteiger partial charge in [0, 0.05) is 12.6 Å². The van der Waals surface area contributed by atoms with Crippen LogP contribution in [-0.4, -0.2) is 31.3 Å². The average Bonchev–Trinajstić information content (AvgIpc) is 3.54. The Morgan fingerprint density at radius 1 is 0.634 bits per heavy atom. The van der Waals surface area contributed by atoms with E-state index in [1.54, 1.807) is 0 Å². The predicted molar refractivity (Wildman–Crippen MR) is 173 cm³/mol. The second kappa shape index (κ2) is 11.8. The van der Waals surface area contributed by atoms with Gasteiger partial charge in [0.15, 0.2) is 0 Å². The molecular formula is C38H37NOSi. The molecule has 1 unspecified atom stereocenters. The van der Waals surface area contributed by atoms with Crippen LogP contribution in [0.3, 0.4) is 0 Å². The topological polar surface area (TPSA) is 20.3 Å². The van der Waals surface area contributed by atoms with Gasteiger partial charge in [0.05, 0.1) is 11.6 Å². The Balaban J connectivity index is 1.48. The number of ketones is 1. The van der Waals surface area contributed by atoms with Crippen LogP contribution in [0.15, 0.2) is 152 Å². The number of hydrogen-bond acceptors (Lipinski definition) is 2. The van der Waals surface area contributed by atoms with Gasteiger partial charge in [-0.1, -0.05) is 169 Å². The van der Waals surface area contributed by atoms with E-state index in [0.29, 0.717) is 11.8 Å². The Morgan fingerprint density at radius 2 is 1.00 bits per heavy atom. The zero-order valence-electron chi connectivity index (χ0n) is 23.7. The van der Waals surface area contributed by atoms with Crippen molar-refractivity contribution in [1.29, 1.82) is 0 Å². The van der Waals surface area contributed by atoms with Crippen LogP contribution in [0.2, 0.25) is 12.6 Å². The molecule has 1 fully saturated rings. The van der Waals surface area contributed by atoms with Crippen LogP contribution in [0.25, 0.3) is 0 Å². The minimum absolute atomic E-state index is 0.171. The van der Waals surface area contributed by atoms with Crippen molar-refractivity contribution in [2.45, 2.75) is 37.0 Å². The van der Waals surface area contributed by atoms with E-state index in [1.165, 1.54) is 27.1 Å². The molecule has 1 heterocycles. The normalized spacial score (nSPS) is 16.0. The van der Waals surface area contributed by atoms with Crippen LogP contribution in [0.5, 0.6) is 0 Å². The number of nitrogens with zero attached hydrogens (tertiary/aromatic N) is 1. The summed E-state index contributed by atoms with van der Waals surface area (Å²) in [5, 5.41) is 2.62. The van der Waals surface area contributed by atoms with Gasteiger partial charge in [0.1, 0.15) is 13.9 Å². The average molecular weight is 552 g/mol. The second-order valence-corrected chi connectivity index (χ2v) is 15.5. The second-order valence-electron chi connectivity index (χ2n) is 11.4. The molecule has 1 aliphatic heterocycles. The van der Waals surface area contributed by atoms with E-state index in [2.05, 4.69) is 163 Å². The lowest BCUT2D eigenvalue weighted by Gasteiger charge is -2.46. The van der Waals surface area contributed by atoms with Crippen molar-refractivity contribution in [3.05, 3.63) is 168 Å². The first-order valence-electron chi connectivity index (χ1n) is 14.7. The van der Waals surface area contributed by atoms with E-state index in [-0.39, 0.29) is 6.04 Å². The molecule has 41 heavy (non-hydrogen) atoms. The van der Waals surface area contributed by atoms with Crippen LogP contribution >= 0.6 is 0 Å². The molecule has 0 amide bonds. The molecule has 2 nitrogen and oxygen atoms in total. The standard InChI is InChI=1S/C38H37NOSi/c1-41(34-24-13-5-14-25-34,35-26-15-6-16-27-35)30-37(40)36-28-17-29-39(36)38(31-18-7-2-8-19-31,32-20-9-3-10-21-32)33-22-11-4-12-23-33/h2-16,18-27,36H,17,28-30H2,1H3. The molecule has 1 saturated heterocycles. The maximum absolute atomic E-state index is 14.8. The minimum atomic E-state index is -2.34. The number of rotatable bonds is 9. The molecule has 204 valence electrons. The van der Waals surface area contributed by atoms with Crippen LogP contribution in [0.1, 0.15) is 29.5 Å². The lowest BCUT2D eigenvalue weighted by molar-refractivity contribution is -0.122. The Labute approximate surface area is 245 Å². The number of carbonyl (C=O) groups is 1. The highest BCUT2D eigenvalue weighted by Gasteiger charge is 2.49. The summed E-state index contributed by atoms with van der Waals surface area (Å²) in [6, 6.07) is 54.2. The maximum atomic E-state index is 14.8. The monoisotopic (exact) mass is 551 g/mol. The van der Waals surface area contributed by atoms with Crippen molar-refractivity contribution in [3.8, 4) is 0 Å². The molecule has 0 bridgehead atoms. The maximum Gasteiger partial charge on any atom is 0.148 e. The fourth-order valence-corrected chi connectivity index (χ4v) is 10.5. The molecular weight excluding hydrogens is 515 g/mol. The van der Waals surface area contributed by atoms with Crippen LogP contribution in [0, 0.1) is 0 Å². The molecule has 3 heteroatoms. The predicted octanol–water partition coefficient (Wildman–Crippen LogP) is 6.91. The molecule has 0 N–H and O–H groups in total. The van der Waals surface area contributed by atoms with Crippen molar-refractivity contribution in [2.24, 2.45) is 0 Å². The van der Waals surface area contributed by atoms with Crippen LogP contribution in [0.4, 0.5) is 0 Å². The third-order valence-corrected chi connectivity index (χ3v) is 13.3. The van der Waals surface area contributed by atoms with Gasteiger partial charge in [-0.2, -0.15) is 0 Å². The molecule has 0 spiro atoms. The summed E-state index contributed by atoms with van der Waals surface area (Å²) >= 11 is 0. The zero-order chi connectivity index (χ0) is 28.1. The van der Waals surface area contributed by atoms with Crippen molar-refractivity contribution >= 4 is 24.2 Å². The van der Waals surface area contributed by atoms with Crippen molar-refractivity contribution in [3.63, 3.8) is 0 Å². The quantitative estimate of drug-likeness (QED) is 0.147. The van der Waals surface area contributed by atoms with Gasteiger partial charge in [0.2, 0.25) is 0 Å². The van der Waals surface area contributed by atoms with Gasteiger partial charge in [-0.3, -0.25) is 9.69 Å². The van der Waals surface area contributed by atoms with Gasteiger partial charge >= 0.3 is 0 Å². The lowest BCUT2D eigenvalue weighted by atomic mass is 9.75. The van der Waals surface area contributed by atoms with Gasteiger partial charge < -0.3 is 0 Å². The van der Waals surface area contributed by atoms with Crippen LogP contribution < -0.4 is 10.4 Å². The van der Waals surface area contributed by atoms with Gasteiger partial charge in [-0.25, -0.2) is 0 Å². The molecule has 0 aromatic heterocycles. The van der Waals surface area contributed by atoms with Crippen molar-refractivity contribution in [2.75, 3.05) is 6.54 Å². The summed E-state index contributed by atoms with van der Waals surface area (Å²) in [5.74, 6) is 0.358. The fourth-order valence-electron chi connectivity index (χ4n) is 6.99. The van der Waals surface area contributed by atoms with E-state index in [1.807, 2.05) is 0 Å². The first kappa shape index (κ1) is 27.1. The molecule has 6 rings (SSSR count). The minimum Gasteiger partial charge on any atom is -0.298 e. The molecule has 1 aliphatic rings. The van der Waals surface area contributed by atoms with Crippen molar-refractivity contribution in [1.82, 2.24) is 4.90 Å². The van der Waals surface area contributed by atoms with Gasteiger partial charge in [-0.05, 0) is 29.5 Å². The van der Waals surface area contributed by atoms with E-state index in [4.69, 9.17) is 0 Å². The summed E-state index contributed by atoms with van der Waals surface area (Å²) in [6.07, 6.45) is 1.88. The Kier molecular flexibility index (Phi) is 7.82. The summed E-state index contributed by atoms with van der Waals surface area (Å²) in [7, 11) is -2.34. The number of Topliss-reactive ketones (excluding diaryl/α,β-unsaturated/α-hetero) is 1. The summed E-state index contributed by atoms with van der Waals surface area (Å²) in [4.78, 5) is 17.3. The molecule has 5 aromatic carbocycles. The third-order valence-electron chi connectivity index (χ3n) is 8.98. The highest BCUT2D eigenvalue weighted by molar-refractivity contribution is 7.03. The number of likely N-dealkylation sites (tertiary alicyclic amines) is 1. The van der Waals surface area contributed by atoms with E-state index >= 15 is 0 Å². The first-order chi connectivity index (χ1) is 20.1. The van der Waals surface area contributed by atoms with E-state index in [9.17, 15) is 4.79 Å². The van der Waals surface area contributed by atoms with E-state index < -0.39 is 13.6 Å². The third kappa shape index (κ3) is 5.01. The van der Waals surface area contributed by atoms with Crippen molar-refractivity contribution < 1.29 is 4.79 Å². The Morgan fingerprint density at radius 3 is 1.39 bits per heavy atom. The molecule has 1 atom stereocenters. The number of carbonyl (C=O) groups excluding carboxylic acids is 1. The van der Waals surface area contributed by atoms with Gasteiger partial charge in [0.25, 0.3) is 0 Å². The highest BCUT2D eigenvalue weighted by atomic mass is 28.3. The summed E-state index contributed by atoms with van der Waals surface area (Å²) in [6.45, 7) is 3.23. The highest BCUT2D eigenvalue weighted by Crippen LogP contribution is 2.46. The fraction of sp³-hybridized carbons (Fsp3) is 0.184. The SMILES string of the molecule is C[Si](CC(=O)C1CCCN1C(c1ccccc1)(c1ccccc1)c1ccccc1)(c1ccccc1)c1ccccc1. The molecule has 0 aliphatic carbocycles. The molecule has 5 aromatic rings. The Hall–Kier alpha value is -4.05. The Bertz CT molecular complexity index is 1420. The summed E-state index contributed by atoms with van der Waals surface area (Å²) < 4.78 is 0. The lowest BCUT2D eigenvalue weighted by Crippen LogP contribution is -2.59. The summed E-state index contributed by atoms with van der Waals surface area (Å²) in [5.41, 5.74) is 3.02. The first-order valence-corrected chi connectivity index (χ1v) is 17.4. The molecule has 0 radical (unpaired) electrons. The number of hydrogen-bond donors (Lipinski definition) is 0. The van der Waals surface area contributed by atoms with E-state index in [0.717, 1.165) is 19.4 Å². The molecule has 0 saturated carbocycles. The zero-order valence-corrected chi connectivity index (χ0v) is 24.7.